The predicted octanol–water partition coefficient (Wildman–Crippen LogP) is 0.459. The summed E-state index contributed by atoms with van der Waals surface area (Å²) in [5.74, 6) is 0.298. The molecular weight excluding hydrogens is 286 g/mol. The van der Waals surface area contributed by atoms with Crippen LogP contribution in [0.25, 0.3) is 0 Å². The van der Waals surface area contributed by atoms with Crippen LogP contribution in [0, 0.1) is 11.8 Å². The first-order valence-electron chi connectivity index (χ1n) is 8.05. The van der Waals surface area contributed by atoms with Crippen LogP contribution in [0.5, 0.6) is 0 Å². The van der Waals surface area contributed by atoms with Gasteiger partial charge in [0.25, 0.3) is 0 Å². The Morgan fingerprint density at radius 2 is 1.91 bits per heavy atom. The van der Waals surface area contributed by atoms with E-state index in [1.807, 2.05) is 0 Å². The van der Waals surface area contributed by atoms with Gasteiger partial charge in [-0.15, -0.1) is 0 Å². The largest absolute Gasteiger partial charge is 0.465 e. The molecule has 0 bridgehead atoms. The van der Waals surface area contributed by atoms with Crippen LogP contribution in [0.1, 0.15) is 20.3 Å². The summed E-state index contributed by atoms with van der Waals surface area (Å²) in [5.41, 5.74) is 0. The third-order valence-electron chi connectivity index (χ3n) is 4.21. The highest BCUT2D eigenvalue weighted by Crippen LogP contribution is 2.20. The molecule has 2 atom stereocenters. The fraction of sp³-hybridized carbons (Fsp3) is 0.867. The van der Waals surface area contributed by atoms with Crippen molar-refractivity contribution < 1.29 is 19.4 Å². The van der Waals surface area contributed by atoms with Crippen molar-refractivity contribution in [3.05, 3.63) is 0 Å². The van der Waals surface area contributed by atoms with Crippen molar-refractivity contribution in [2.75, 3.05) is 45.9 Å². The number of carbonyl (C=O) groups excluding carboxylic acids is 1. The summed E-state index contributed by atoms with van der Waals surface area (Å²) < 4.78 is 5.27. The van der Waals surface area contributed by atoms with Crippen LogP contribution in [0.3, 0.4) is 0 Å². The molecule has 22 heavy (non-hydrogen) atoms. The van der Waals surface area contributed by atoms with E-state index in [9.17, 15) is 14.7 Å². The normalized spacial score (nSPS) is 26.3. The fourth-order valence-corrected chi connectivity index (χ4v) is 3.03. The lowest BCUT2D eigenvalue weighted by molar-refractivity contribution is -0.141. The molecule has 2 amide bonds. The summed E-state index contributed by atoms with van der Waals surface area (Å²) in [6, 6.07) is 0.0437. The number of ether oxygens (including phenoxy) is 1. The number of carbonyl (C=O) groups is 2. The molecule has 2 heterocycles. The molecule has 126 valence electrons. The van der Waals surface area contributed by atoms with Crippen LogP contribution < -0.4 is 5.32 Å². The van der Waals surface area contributed by atoms with Gasteiger partial charge in [-0.25, -0.2) is 4.79 Å². The Labute approximate surface area is 131 Å². The smallest absolute Gasteiger partial charge is 0.407 e. The molecule has 2 N–H and O–H groups in total. The average Bonchev–Trinajstić information content (AvgIpc) is 2.52. The van der Waals surface area contributed by atoms with Gasteiger partial charge in [-0.1, -0.05) is 13.8 Å². The molecule has 0 aromatic carbocycles. The standard InChI is InChI=1S/C15H27N3O4/c1-11(2)8-16-13-7-12(9-18(10-13)15(20)21)14(19)17-3-5-22-6-4-17/h11-13,16H,3-10H2,1-2H3,(H,20,21). The Morgan fingerprint density at radius 1 is 1.23 bits per heavy atom. The van der Waals surface area contributed by atoms with Crippen LogP contribution in [-0.2, 0) is 9.53 Å². The first kappa shape index (κ1) is 17.0. The summed E-state index contributed by atoms with van der Waals surface area (Å²) in [5, 5.41) is 12.7. The Bertz CT molecular complexity index is 396. The SMILES string of the molecule is CC(C)CNC1CC(C(=O)N2CCOCC2)CN(C(=O)O)C1. The lowest BCUT2D eigenvalue weighted by Crippen LogP contribution is -2.55. The summed E-state index contributed by atoms with van der Waals surface area (Å²) in [7, 11) is 0. The van der Waals surface area contributed by atoms with Crippen LogP contribution in [0.15, 0.2) is 0 Å². The first-order chi connectivity index (χ1) is 10.5. The van der Waals surface area contributed by atoms with E-state index in [0.717, 1.165) is 6.54 Å². The number of morpholine rings is 1. The molecule has 0 aliphatic carbocycles. The zero-order valence-corrected chi connectivity index (χ0v) is 13.5. The van der Waals surface area contributed by atoms with E-state index in [2.05, 4.69) is 19.2 Å². The highest BCUT2D eigenvalue weighted by Gasteiger charge is 2.36. The lowest BCUT2D eigenvalue weighted by atomic mass is 9.92. The molecule has 2 aliphatic heterocycles. The van der Waals surface area contributed by atoms with E-state index in [4.69, 9.17) is 4.74 Å². The number of nitrogens with one attached hydrogen (secondary N) is 1. The van der Waals surface area contributed by atoms with Crippen LogP contribution in [0.4, 0.5) is 4.79 Å². The summed E-state index contributed by atoms with van der Waals surface area (Å²) in [6.07, 6.45) is -0.247. The molecule has 0 saturated carbocycles. The van der Waals surface area contributed by atoms with Crippen molar-refractivity contribution in [3.8, 4) is 0 Å². The Hall–Kier alpha value is -1.34. The molecule has 0 radical (unpaired) electrons. The maximum atomic E-state index is 12.6. The van der Waals surface area contributed by atoms with Gasteiger partial charge in [-0.05, 0) is 18.9 Å². The van der Waals surface area contributed by atoms with Crippen molar-refractivity contribution >= 4 is 12.0 Å². The van der Waals surface area contributed by atoms with Crippen LogP contribution in [0.2, 0.25) is 0 Å². The van der Waals surface area contributed by atoms with Gasteiger partial charge in [-0.3, -0.25) is 4.79 Å². The van der Waals surface area contributed by atoms with Gasteiger partial charge in [-0.2, -0.15) is 0 Å². The number of nitrogens with zero attached hydrogens (tertiary/aromatic N) is 2. The monoisotopic (exact) mass is 313 g/mol. The van der Waals surface area contributed by atoms with Gasteiger partial charge in [0.05, 0.1) is 19.1 Å². The number of carboxylic acid groups (broad SMARTS) is 1. The third-order valence-corrected chi connectivity index (χ3v) is 4.21. The van der Waals surface area contributed by atoms with Crippen molar-refractivity contribution in [1.82, 2.24) is 15.1 Å². The lowest BCUT2D eigenvalue weighted by Gasteiger charge is -2.39. The third kappa shape index (κ3) is 4.58. The number of hydrogen-bond acceptors (Lipinski definition) is 4. The molecule has 2 saturated heterocycles. The highest BCUT2D eigenvalue weighted by atomic mass is 16.5. The number of rotatable bonds is 4. The van der Waals surface area contributed by atoms with Gasteiger partial charge in [0.1, 0.15) is 0 Å². The fourth-order valence-electron chi connectivity index (χ4n) is 3.03. The summed E-state index contributed by atoms with van der Waals surface area (Å²) in [4.78, 5) is 27.1. The topological polar surface area (TPSA) is 82.1 Å². The van der Waals surface area contributed by atoms with Gasteiger partial charge >= 0.3 is 6.09 Å². The zero-order chi connectivity index (χ0) is 16.1. The molecule has 0 spiro atoms. The molecule has 2 fully saturated rings. The van der Waals surface area contributed by atoms with E-state index in [0.29, 0.717) is 51.7 Å². The van der Waals surface area contributed by atoms with Gasteiger partial charge in [0, 0.05) is 32.2 Å². The molecular formula is C15H27N3O4. The molecule has 7 nitrogen and oxygen atoms in total. The Morgan fingerprint density at radius 3 is 2.50 bits per heavy atom. The highest BCUT2D eigenvalue weighted by molar-refractivity contribution is 5.80. The van der Waals surface area contributed by atoms with Crippen LogP contribution in [-0.4, -0.2) is 78.9 Å². The molecule has 7 heteroatoms. The molecule has 2 aliphatic rings. The van der Waals surface area contributed by atoms with E-state index in [1.165, 1.54) is 4.90 Å². The second-order valence-electron chi connectivity index (χ2n) is 6.56. The average molecular weight is 313 g/mol. The van der Waals surface area contributed by atoms with E-state index in [-0.39, 0.29) is 17.9 Å². The molecule has 2 rings (SSSR count). The van der Waals surface area contributed by atoms with Gasteiger partial charge < -0.3 is 25.0 Å². The van der Waals surface area contributed by atoms with Crippen molar-refractivity contribution in [2.45, 2.75) is 26.3 Å². The van der Waals surface area contributed by atoms with Gasteiger partial charge in [0.15, 0.2) is 0 Å². The second-order valence-corrected chi connectivity index (χ2v) is 6.56. The van der Waals surface area contributed by atoms with E-state index >= 15 is 0 Å². The second kappa shape index (κ2) is 7.78. The van der Waals surface area contributed by atoms with Gasteiger partial charge in [0.2, 0.25) is 5.91 Å². The van der Waals surface area contributed by atoms with Crippen molar-refractivity contribution in [1.29, 1.82) is 0 Å². The first-order valence-corrected chi connectivity index (χ1v) is 8.05. The van der Waals surface area contributed by atoms with Crippen LogP contribution >= 0.6 is 0 Å². The number of amides is 2. The van der Waals surface area contributed by atoms with E-state index in [1.54, 1.807) is 4.90 Å². The molecule has 2 unspecified atom stereocenters. The number of piperidine rings is 1. The van der Waals surface area contributed by atoms with E-state index < -0.39 is 6.09 Å². The predicted molar refractivity (Wildman–Crippen MR) is 81.7 cm³/mol. The minimum Gasteiger partial charge on any atom is -0.465 e. The number of likely N-dealkylation sites (tertiary alicyclic amines) is 1. The minimum atomic E-state index is -0.948. The Balaban J connectivity index is 1.98. The molecule has 0 aromatic rings. The maximum absolute atomic E-state index is 12.6. The quantitative estimate of drug-likeness (QED) is 0.788. The summed E-state index contributed by atoms with van der Waals surface area (Å²) >= 11 is 0. The zero-order valence-electron chi connectivity index (χ0n) is 13.5. The van der Waals surface area contributed by atoms with Crippen molar-refractivity contribution in [3.63, 3.8) is 0 Å². The summed E-state index contributed by atoms with van der Waals surface area (Å²) in [6.45, 7) is 8.14. The molecule has 0 aromatic heterocycles. The minimum absolute atomic E-state index is 0.0437. The Kier molecular flexibility index (Phi) is 6.02. The number of hydrogen-bond donors (Lipinski definition) is 2. The maximum Gasteiger partial charge on any atom is 0.407 e. The van der Waals surface area contributed by atoms with Crippen molar-refractivity contribution in [2.24, 2.45) is 11.8 Å².